The maximum absolute atomic E-state index is 13.2. The van der Waals surface area contributed by atoms with Crippen molar-refractivity contribution >= 4 is 15.7 Å². The smallest absolute Gasteiger partial charge is 0.264 e. The molecule has 3 aromatic rings. The molecule has 7 nitrogen and oxygen atoms in total. The predicted molar refractivity (Wildman–Crippen MR) is 99.5 cm³/mol. The summed E-state index contributed by atoms with van der Waals surface area (Å²) in [4.78, 5) is 4.49. The van der Waals surface area contributed by atoms with Crippen LogP contribution in [0.5, 0.6) is 0 Å². The number of para-hydroxylation sites is 1. The van der Waals surface area contributed by atoms with Gasteiger partial charge in [-0.2, -0.15) is 4.98 Å². The lowest BCUT2D eigenvalue weighted by molar-refractivity contribution is 0.422. The first-order valence-corrected chi connectivity index (χ1v) is 9.81. The van der Waals surface area contributed by atoms with E-state index in [2.05, 4.69) is 14.9 Å². The van der Waals surface area contributed by atoms with Crippen molar-refractivity contribution in [1.29, 1.82) is 0 Å². The molecule has 0 fully saturated rings. The Labute approximate surface area is 153 Å². The first-order valence-electron chi connectivity index (χ1n) is 8.33. The normalized spacial score (nSPS) is 11.7. The third-order valence-electron chi connectivity index (χ3n) is 4.58. The summed E-state index contributed by atoms with van der Waals surface area (Å²) >= 11 is 0. The van der Waals surface area contributed by atoms with Gasteiger partial charge in [-0.1, -0.05) is 30.3 Å². The van der Waals surface area contributed by atoms with Crippen LogP contribution in [0, 0.1) is 20.8 Å². The van der Waals surface area contributed by atoms with Crippen LogP contribution in [0.2, 0.25) is 0 Å². The first-order chi connectivity index (χ1) is 12.3. The molecule has 0 unspecified atom stereocenters. The summed E-state index contributed by atoms with van der Waals surface area (Å²) in [5.74, 6) is 0.754. The molecule has 0 saturated heterocycles. The Morgan fingerprint density at radius 2 is 1.85 bits per heavy atom. The fourth-order valence-corrected chi connectivity index (χ4v) is 4.53. The SMILES string of the molecule is CCc1noc(-c2c(S(=O)(=O)Nc3ccccc3C)c(C)n(C)c2C)n1. The number of rotatable bonds is 5. The molecule has 1 aromatic carbocycles. The molecule has 138 valence electrons. The lowest BCUT2D eigenvalue weighted by atomic mass is 10.2. The van der Waals surface area contributed by atoms with Crippen LogP contribution in [0.15, 0.2) is 33.7 Å². The van der Waals surface area contributed by atoms with Gasteiger partial charge in [0.1, 0.15) is 4.90 Å². The highest BCUT2D eigenvalue weighted by molar-refractivity contribution is 7.93. The average molecular weight is 374 g/mol. The molecule has 0 aliphatic heterocycles. The Morgan fingerprint density at radius 3 is 2.46 bits per heavy atom. The van der Waals surface area contributed by atoms with E-state index in [-0.39, 0.29) is 10.8 Å². The summed E-state index contributed by atoms with van der Waals surface area (Å²) in [6, 6.07) is 7.24. The van der Waals surface area contributed by atoms with Crippen molar-refractivity contribution in [2.45, 2.75) is 39.0 Å². The second-order valence-corrected chi connectivity index (χ2v) is 7.84. The number of anilines is 1. The average Bonchev–Trinajstić information content (AvgIpc) is 3.15. The topological polar surface area (TPSA) is 90.0 Å². The van der Waals surface area contributed by atoms with Crippen molar-refractivity contribution in [3.8, 4) is 11.5 Å². The molecule has 26 heavy (non-hydrogen) atoms. The fourth-order valence-electron chi connectivity index (χ4n) is 2.88. The highest BCUT2D eigenvalue weighted by atomic mass is 32.2. The van der Waals surface area contributed by atoms with Crippen LogP contribution in [-0.4, -0.2) is 23.1 Å². The molecule has 0 aliphatic carbocycles. The predicted octanol–water partition coefficient (Wildman–Crippen LogP) is 3.36. The number of nitrogens with one attached hydrogen (secondary N) is 1. The largest absolute Gasteiger partial charge is 0.350 e. The van der Waals surface area contributed by atoms with E-state index in [1.54, 1.807) is 19.1 Å². The summed E-state index contributed by atoms with van der Waals surface area (Å²) in [6.45, 7) is 7.37. The maximum Gasteiger partial charge on any atom is 0.264 e. The van der Waals surface area contributed by atoms with Gasteiger partial charge in [-0.3, -0.25) is 4.72 Å². The van der Waals surface area contributed by atoms with Crippen molar-refractivity contribution < 1.29 is 12.9 Å². The number of hydrogen-bond donors (Lipinski definition) is 1. The third kappa shape index (κ3) is 3.01. The quantitative estimate of drug-likeness (QED) is 0.739. The molecule has 0 amide bonds. The van der Waals surface area contributed by atoms with E-state index in [4.69, 9.17) is 4.52 Å². The van der Waals surface area contributed by atoms with Crippen molar-refractivity contribution in [1.82, 2.24) is 14.7 Å². The second-order valence-electron chi connectivity index (χ2n) is 6.22. The monoisotopic (exact) mass is 374 g/mol. The number of sulfonamides is 1. The van der Waals surface area contributed by atoms with Gasteiger partial charge in [0, 0.05) is 24.9 Å². The summed E-state index contributed by atoms with van der Waals surface area (Å²) in [7, 11) is -2.03. The van der Waals surface area contributed by atoms with Crippen LogP contribution >= 0.6 is 0 Å². The van der Waals surface area contributed by atoms with Crippen LogP contribution in [0.1, 0.15) is 29.7 Å². The van der Waals surface area contributed by atoms with Crippen molar-refractivity contribution in [2.75, 3.05) is 4.72 Å². The Bertz CT molecular complexity index is 1060. The number of aryl methyl sites for hydroxylation is 2. The minimum atomic E-state index is -3.84. The van der Waals surface area contributed by atoms with Gasteiger partial charge in [0.15, 0.2) is 5.82 Å². The zero-order chi connectivity index (χ0) is 19.1. The van der Waals surface area contributed by atoms with E-state index in [9.17, 15) is 8.42 Å². The van der Waals surface area contributed by atoms with E-state index >= 15 is 0 Å². The van der Waals surface area contributed by atoms with Crippen molar-refractivity contribution in [2.24, 2.45) is 7.05 Å². The standard InChI is InChI=1S/C18H22N4O3S/c1-6-15-19-18(25-20-15)16-12(3)22(5)13(4)17(16)26(23,24)21-14-10-8-7-9-11(14)2/h7-10,21H,6H2,1-5H3. The number of benzene rings is 1. The maximum atomic E-state index is 13.2. The first kappa shape index (κ1) is 18.2. The molecule has 2 aromatic heterocycles. The highest BCUT2D eigenvalue weighted by Gasteiger charge is 2.31. The summed E-state index contributed by atoms with van der Waals surface area (Å²) in [5, 5.41) is 3.90. The Balaban J connectivity index is 2.18. The van der Waals surface area contributed by atoms with Crippen LogP contribution < -0.4 is 4.72 Å². The molecule has 2 heterocycles. The lowest BCUT2D eigenvalue weighted by Crippen LogP contribution is -2.15. The summed E-state index contributed by atoms with van der Waals surface area (Å²) < 4.78 is 36.2. The molecule has 0 spiro atoms. The van der Waals surface area contributed by atoms with Crippen molar-refractivity contribution in [3.63, 3.8) is 0 Å². The molecule has 1 N–H and O–H groups in total. The molecule has 0 atom stereocenters. The highest BCUT2D eigenvalue weighted by Crippen LogP contribution is 2.35. The Hall–Kier alpha value is -2.61. The van der Waals surface area contributed by atoms with Gasteiger partial charge in [0.05, 0.1) is 11.3 Å². The third-order valence-corrected chi connectivity index (χ3v) is 6.11. The van der Waals surface area contributed by atoms with E-state index < -0.39 is 10.0 Å². The number of hydrogen-bond acceptors (Lipinski definition) is 5. The van der Waals surface area contributed by atoms with E-state index in [1.807, 2.05) is 44.5 Å². The molecule has 3 rings (SSSR count). The van der Waals surface area contributed by atoms with E-state index in [1.165, 1.54) is 0 Å². The Kier molecular flexibility index (Phi) is 4.62. The molecule has 0 radical (unpaired) electrons. The number of aromatic nitrogens is 3. The van der Waals surface area contributed by atoms with Crippen molar-refractivity contribution in [3.05, 3.63) is 47.0 Å². The van der Waals surface area contributed by atoms with E-state index in [0.29, 0.717) is 29.2 Å². The zero-order valence-electron chi connectivity index (χ0n) is 15.5. The van der Waals surface area contributed by atoms with Gasteiger partial charge in [-0.15, -0.1) is 0 Å². The zero-order valence-corrected chi connectivity index (χ0v) is 16.3. The van der Waals surface area contributed by atoms with Crippen LogP contribution in [0.4, 0.5) is 5.69 Å². The second kappa shape index (κ2) is 6.60. The molecule has 0 aliphatic rings. The fraction of sp³-hybridized carbons (Fsp3) is 0.333. The lowest BCUT2D eigenvalue weighted by Gasteiger charge is -2.11. The molecule has 0 bridgehead atoms. The molecule has 8 heteroatoms. The molecular weight excluding hydrogens is 352 g/mol. The van der Waals surface area contributed by atoms with Gasteiger partial charge >= 0.3 is 0 Å². The van der Waals surface area contributed by atoms with Crippen LogP contribution in [-0.2, 0) is 23.5 Å². The summed E-state index contributed by atoms with van der Waals surface area (Å²) in [5.41, 5.74) is 3.18. The van der Waals surface area contributed by atoms with Crippen LogP contribution in [0.3, 0.4) is 0 Å². The number of nitrogens with zero attached hydrogens (tertiary/aromatic N) is 3. The minimum Gasteiger partial charge on any atom is -0.350 e. The van der Waals surface area contributed by atoms with Crippen LogP contribution in [0.25, 0.3) is 11.5 Å². The van der Waals surface area contributed by atoms with Gasteiger partial charge < -0.3 is 9.09 Å². The van der Waals surface area contributed by atoms with Gasteiger partial charge in [-0.25, -0.2) is 8.42 Å². The Morgan fingerprint density at radius 1 is 1.15 bits per heavy atom. The summed E-state index contributed by atoms with van der Waals surface area (Å²) in [6.07, 6.45) is 0.609. The molecule has 0 saturated carbocycles. The molecular formula is C18H22N4O3S. The van der Waals surface area contributed by atoms with Gasteiger partial charge in [0.25, 0.3) is 15.9 Å². The van der Waals surface area contributed by atoms with Gasteiger partial charge in [0.2, 0.25) is 0 Å². The van der Waals surface area contributed by atoms with E-state index in [0.717, 1.165) is 11.3 Å². The minimum absolute atomic E-state index is 0.159. The van der Waals surface area contributed by atoms with Gasteiger partial charge in [-0.05, 0) is 32.4 Å².